The fourth-order valence-electron chi connectivity index (χ4n) is 1.84. The Morgan fingerprint density at radius 2 is 1.75 bits per heavy atom. The lowest BCUT2D eigenvalue weighted by Crippen LogP contribution is -2.41. The van der Waals surface area contributed by atoms with Gasteiger partial charge < -0.3 is 0 Å². The molecule has 0 fully saturated rings. The maximum atomic E-state index is 11.9. The standard InChI is InChI=1S/C13H14N2O/c1-9-12(11-7-5-4-6-8-11)13(16)14-10(2)15(9)3/h4-8H,1-3H3/p+1. The Morgan fingerprint density at radius 1 is 1.12 bits per heavy atom. The van der Waals surface area contributed by atoms with Crippen molar-refractivity contribution in [2.75, 3.05) is 0 Å². The summed E-state index contributed by atoms with van der Waals surface area (Å²) in [4.78, 5) is 14.8. The predicted octanol–water partition coefficient (Wildman–Crippen LogP) is 1.48. The minimum atomic E-state index is -0.0284. The van der Waals surface area contributed by atoms with Gasteiger partial charge in [-0.1, -0.05) is 30.3 Å². The molecule has 0 atom stereocenters. The van der Waals surface area contributed by atoms with Crippen molar-refractivity contribution >= 4 is 0 Å². The molecular weight excluding hydrogens is 200 g/mol. The van der Waals surface area contributed by atoms with Crippen molar-refractivity contribution in [2.45, 2.75) is 13.8 Å². The van der Waals surface area contributed by atoms with Gasteiger partial charge in [-0.25, -0.2) is 14.3 Å². The number of benzene rings is 1. The zero-order chi connectivity index (χ0) is 11.7. The molecule has 0 amide bonds. The molecule has 82 valence electrons. The molecule has 0 unspecified atom stereocenters. The van der Waals surface area contributed by atoms with Crippen molar-refractivity contribution in [3.8, 4) is 11.1 Å². The van der Waals surface area contributed by atoms with Crippen molar-refractivity contribution in [1.82, 2.24) is 4.98 Å². The van der Waals surface area contributed by atoms with Gasteiger partial charge in [0.05, 0.1) is 7.05 Å². The second kappa shape index (κ2) is 3.93. The molecule has 0 aliphatic heterocycles. The summed E-state index contributed by atoms with van der Waals surface area (Å²) < 4.78 is 1.99. The van der Waals surface area contributed by atoms with Crippen LogP contribution in [-0.4, -0.2) is 4.98 Å². The van der Waals surface area contributed by atoms with Crippen molar-refractivity contribution in [3.05, 3.63) is 52.2 Å². The van der Waals surface area contributed by atoms with Crippen molar-refractivity contribution in [3.63, 3.8) is 0 Å². The van der Waals surface area contributed by atoms with Crippen LogP contribution >= 0.6 is 0 Å². The minimum absolute atomic E-state index is 0.0284. The number of rotatable bonds is 1. The van der Waals surface area contributed by atoms with E-state index in [1.807, 2.05) is 55.8 Å². The van der Waals surface area contributed by atoms with Crippen molar-refractivity contribution < 1.29 is 4.57 Å². The number of aromatic amines is 1. The molecule has 0 bridgehead atoms. The van der Waals surface area contributed by atoms with Crippen LogP contribution < -0.4 is 10.1 Å². The molecule has 2 aromatic rings. The molecule has 16 heavy (non-hydrogen) atoms. The van der Waals surface area contributed by atoms with Gasteiger partial charge in [0.15, 0.2) is 0 Å². The third-order valence-electron chi connectivity index (χ3n) is 2.95. The van der Waals surface area contributed by atoms with Crippen LogP contribution in [0.2, 0.25) is 0 Å². The Morgan fingerprint density at radius 3 is 2.38 bits per heavy atom. The van der Waals surface area contributed by atoms with Crippen LogP contribution in [0.5, 0.6) is 0 Å². The van der Waals surface area contributed by atoms with E-state index in [2.05, 4.69) is 4.98 Å². The third kappa shape index (κ3) is 1.65. The molecule has 1 aromatic heterocycles. The molecule has 3 nitrogen and oxygen atoms in total. The van der Waals surface area contributed by atoms with Crippen molar-refractivity contribution in [1.29, 1.82) is 0 Å². The van der Waals surface area contributed by atoms with Crippen molar-refractivity contribution in [2.24, 2.45) is 7.05 Å². The van der Waals surface area contributed by atoms with Gasteiger partial charge in [0.2, 0.25) is 0 Å². The Kier molecular flexibility index (Phi) is 2.60. The van der Waals surface area contributed by atoms with E-state index in [0.29, 0.717) is 0 Å². The Balaban J connectivity index is 2.76. The van der Waals surface area contributed by atoms with Crippen LogP contribution in [-0.2, 0) is 7.05 Å². The monoisotopic (exact) mass is 215 g/mol. The second-order valence-corrected chi connectivity index (χ2v) is 3.92. The third-order valence-corrected chi connectivity index (χ3v) is 2.95. The largest absolute Gasteiger partial charge is 0.343 e. The molecule has 1 aromatic carbocycles. The highest BCUT2D eigenvalue weighted by Crippen LogP contribution is 2.15. The summed E-state index contributed by atoms with van der Waals surface area (Å²) in [7, 11) is 1.95. The lowest BCUT2D eigenvalue weighted by Gasteiger charge is -2.05. The lowest BCUT2D eigenvalue weighted by molar-refractivity contribution is -0.686. The molecule has 0 spiro atoms. The SMILES string of the molecule is Cc1[nH]c(=O)c(-c2ccccc2)c(C)[n+]1C. The first kappa shape index (κ1) is 10.6. The summed E-state index contributed by atoms with van der Waals surface area (Å²) in [5.41, 5.74) is 2.65. The van der Waals surface area contributed by atoms with Gasteiger partial charge in [-0.15, -0.1) is 0 Å². The van der Waals surface area contributed by atoms with E-state index >= 15 is 0 Å². The van der Waals surface area contributed by atoms with E-state index in [1.165, 1.54) is 0 Å². The van der Waals surface area contributed by atoms with E-state index in [1.54, 1.807) is 0 Å². The zero-order valence-corrected chi connectivity index (χ0v) is 9.74. The quantitative estimate of drug-likeness (QED) is 0.719. The highest BCUT2D eigenvalue weighted by molar-refractivity contribution is 5.63. The molecule has 1 N–H and O–H groups in total. The summed E-state index contributed by atoms with van der Waals surface area (Å²) >= 11 is 0. The molecule has 0 aliphatic carbocycles. The van der Waals surface area contributed by atoms with Gasteiger partial charge >= 0.3 is 5.56 Å². The molecule has 3 heteroatoms. The van der Waals surface area contributed by atoms with Crippen LogP contribution in [0.15, 0.2) is 35.1 Å². The smallest absolute Gasteiger partial charge is 0.241 e. The predicted molar refractivity (Wildman–Crippen MR) is 63.1 cm³/mol. The Bertz CT molecular complexity index is 570. The van der Waals surface area contributed by atoms with Gasteiger partial charge in [-0.3, -0.25) is 0 Å². The van der Waals surface area contributed by atoms with E-state index < -0.39 is 0 Å². The van der Waals surface area contributed by atoms with Crippen LogP contribution in [0.3, 0.4) is 0 Å². The molecule has 2 rings (SSSR count). The maximum Gasteiger partial charge on any atom is 0.343 e. The maximum absolute atomic E-state index is 11.9. The molecular formula is C13H15N2O+. The first-order valence-corrected chi connectivity index (χ1v) is 5.26. The van der Waals surface area contributed by atoms with Gasteiger partial charge in [0.25, 0.3) is 5.82 Å². The zero-order valence-electron chi connectivity index (χ0n) is 9.74. The average Bonchev–Trinajstić information content (AvgIpc) is 2.28. The summed E-state index contributed by atoms with van der Waals surface area (Å²) in [6.45, 7) is 3.85. The van der Waals surface area contributed by atoms with E-state index in [9.17, 15) is 4.79 Å². The normalized spacial score (nSPS) is 10.4. The van der Waals surface area contributed by atoms with Gasteiger partial charge in [0, 0.05) is 6.92 Å². The molecule has 0 aliphatic rings. The minimum Gasteiger partial charge on any atom is -0.241 e. The highest BCUT2D eigenvalue weighted by atomic mass is 16.1. The summed E-state index contributed by atoms with van der Waals surface area (Å²) in [5, 5.41) is 0. The first-order valence-electron chi connectivity index (χ1n) is 5.26. The molecule has 1 heterocycles. The van der Waals surface area contributed by atoms with Gasteiger partial charge in [-0.2, -0.15) is 0 Å². The number of aryl methyl sites for hydroxylation is 1. The van der Waals surface area contributed by atoms with Crippen LogP contribution in [0.4, 0.5) is 0 Å². The van der Waals surface area contributed by atoms with Crippen LogP contribution in [0, 0.1) is 13.8 Å². The molecule has 0 saturated heterocycles. The summed E-state index contributed by atoms with van der Waals surface area (Å²) in [6.07, 6.45) is 0. The number of hydrogen-bond acceptors (Lipinski definition) is 1. The number of hydrogen-bond donors (Lipinski definition) is 1. The average molecular weight is 215 g/mol. The van der Waals surface area contributed by atoms with E-state index in [4.69, 9.17) is 0 Å². The van der Waals surface area contributed by atoms with Crippen LogP contribution in [0.25, 0.3) is 11.1 Å². The van der Waals surface area contributed by atoms with Gasteiger partial charge in [-0.05, 0) is 12.5 Å². The fourth-order valence-corrected chi connectivity index (χ4v) is 1.84. The molecule has 0 saturated carbocycles. The number of H-pyrrole nitrogens is 1. The second-order valence-electron chi connectivity index (χ2n) is 3.92. The fraction of sp³-hybridized carbons (Fsp3) is 0.231. The Labute approximate surface area is 94.4 Å². The number of nitrogens with zero attached hydrogens (tertiary/aromatic N) is 1. The number of aromatic nitrogens is 2. The highest BCUT2D eigenvalue weighted by Gasteiger charge is 2.16. The topological polar surface area (TPSA) is 36.7 Å². The lowest BCUT2D eigenvalue weighted by atomic mass is 10.1. The van der Waals surface area contributed by atoms with Crippen LogP contribution in [0.1, 0.15) is 11.5 Å². The Hall–Kier alpha value is -1.90. The van der Waals surface area contributed by atoms with E-state index in [-0.39, 0.29) is 5.56 Å². The summed E-state index contributed by atoms with van der Waals surface area (Å²) in [6, 6.07) is 9.73. The first-order chi connectivity index (χ1) is 7.61. The van der Waals surface area contributed by atoms with Gasteiger partial charge in [0.1, 0.15) is 11.3 Å². The molecule has 0 radical (unpaired) electrons. The van der Waals surface area contributed by atoms with E-state index in [0.717, 1.165) is 22.6 Å². The number of nitrogens with one attached hydrogen (secondary N) is 1. The summed E-state index contributed by atoms with van der Waals surface area (Å²) in [5.74, 6) is 0.863.